The number of nitrogens with one attached hydrogen (secondary N) is 1. The molecule has 0 spiro atoms. The fourth-order valence-corrected chi connectivity index (χ4v) is 2.82. The van der Waals surface area contributed by atoms with Crippen molar-refractivity contribution in [3.8, 4) is 0 Å². The van der Waals surface area contributed by atoms with Gasteiger partial charge in [-0.05, 0) is 18.4 Å². The van der Waals surface area contributed by atoms with Gasteiger partial charge in [-0.1, -0.05) is 19.9 Å². The number of carbonyl (C=O) groups excluding carboxylic acids is 4. The zero-order chi connectivity index (χ0) is 20.3. The molecule has 1 atom stereocenters. The summed E-state index contributed by atoms with van der Waals surface area (Å²) in [7, 11) is 1.19. The van der Waals surface area contributed by atoms with E-state index in [4.69, 9.17) is 0 Å². The molecule has 1 aliphatic heterocycles. The molecule has 0 aromatic heterocycles. The van der Waals surface area contributed by atoms with Gasteiger partial charge in [0.15, 0.2) is 0 Å². The average Bonchev–Trinajstić information content (AvgIpc) is 2.85. The Bertz CT molecular complexity index is 819. The van der Waals surface area contributed by atoms with E-state index in [1.807, 2.05) is 13.8 Å². The standard InChI is InChI=1S/C17H19N3O7/c1-9(2)7-11(17(24)27-3)18-13(21)8-19-15(22)10-5-4-6-12(20(25)26)14(10)16(19)23/h4-6,9,11H,7-8H2,1-3H3,(H,18,21)/t11-/m0/s1. The molecule has 1 N–H and O–H groups in total. The van der Waals surface area contributed by atoms with Gasteiger partial charge in [0, 0.05) is 6.07 Å². The number of methoxy groups -OCH3 is 1. The van der Waals surface area contributed by atoms with Crippen LogP contribution in [0.25, 0.3) is 0 Å². The van der Waals surface area contributed by atoms with Gasteiger partial charge >= 0.3 is 5.97 Å². The van der Waals surface area contributed by atoms with Crippen molar-refractivity contribution in [2.75, 3.05) is 13.7 Å². The molecule has 10 nitrogen and oxygen atoms in total. The highest BCUT2D eigenvalue weighted by molar-refractivity contribution is 6.24. The van der Waals surface area contributed by atoms with Gasteiger partial charge in [0.05, 0.1) is 17.6 Å². The maximum atomic E-state index is 12.5. The van der Waals surface area contributed by atoms with E-state index < -0.39 is 46.9 Å². The van der Waals surface area contributed by atoms with E-state index in [0.717, 1.165) is 6.07 Å². The molecule has 0 saturated heterocycles. The second kappa shape index (κ2) is 7.94. The molecular formula is C17H19N3O7. The molecule has 1 aromatic rings. The first-order chi connectivity index (χ1) is 12.7. The number of hydrogen-bond acceptors (Lipinski definition) is 7. The molecule has 144 valence electrons. The molecule has 0 fully saturated rings. The molecule has 0 bridgehead atoms. The Hall–Kier alpha value is -3.30. The van der Waals surface area contributed by atoms with Crippen LogP contribution in [0.3, 0.4) is 0 Å². The Morgan fingerprint density at radius 3 is 2.48 bits per heavy atom. The van der Waals surface area contributed by atoms with E-state index in [1.54, 1.807) is 0 Å². The Morgan fingerprint density at radius 2 is 1.93 bits per heavy atom. The van der Waals surface area contributed by atoms with Crippen LogP contribution in [0.4, 0.5) is 5.69 Å². The van der Waals surface area contributed by atoms with Gasteiger partial charge in [0.1, 0.15) is 18.2 Å². The minimum absolute atomic E-state index is 0.0800. The van der Waals surface area contributed by atoms with Crippen LogP contribution in [0.5, 0.6) is 0 Å². The number of esters is 1. The van der Waals surface area contributed by atoms with Crippen molar-refractivity contribution in [3.05, 3.63) is 39.4 Å². The maximum absolute atomic E-state index is 12.5. The fraction of sp³-hybridized carbons (Fsp3) is 0.412. The van der Waals surface area contributed by atoms with Crippen LogP contribution in [0.15, 0.2) is 18.2 Å². The normalized spacial score (nSPS) is 14.1. The first kappa shape index (κ1) is 20.0. The molecule has 3 amide bonds. The molecule has 1 aliphatic rings. The van der Waals surface area contributed by atoms with Gasteiger partial charge in [-0.25, -0.2) is 4.79 Å². The molecule has 0 aliphatic carbocycles. The van der Waals surface area contributed by atoms with Crippen LogP contribution < -0.4 is 5.32 Å². The average molecular weight is 377 g/mol. The Labute approximate surface area is 154 Å². The number of nitrogens with zero attached hydrogens (tertiary/aromatic N) is 2. The molecule has 0 unspecified atom stereocenters. The monoisotopic (exact) mass is 377 g/mol. The van der Waals surface area contributed by atoms with Gasteiger partial charge in [-0.3, -0.25) is 29.4 Å². The third-order valence-corrected chi connectivity index (χ3v) is 4.00. The van der Waals surface area contributed by atoms with Gasteiger partial charge in [0.2, 0.25) is 5.91 Å². The molecule has 1 aromatic carbocycles. The van der Waals surface area contributed by atoms with Crippen molar-refractivity contribution < 1.29 is 28.8 Å². The van der Waals surface area contributed by atoms with Gasteiger partial charge in [-0.15, -0.1) is 0 Å². The molecule has 27 heavy (non-hydrogen) atoms. The molecule has 2 rings (SSSR count). The van der Waals surface area contributed by atoms with E-state index in [0.29, 0.717) is 11.3 Å². The summed E-state index contributed by atoms with van der Waals surface area (Å²) in [6.07, 6.45) is 0.312. The summed E-state index contributed by atoms with van der Waals surface area (Å²) in [4.78, 5) is 59.8. The van der Waals surface area contributed by atoms with Crippen molar-refractivity contribution in [3.63, 3.8) is 0 Å². The highest BCUT2D eigenvalue weighted by Crippen LogP contribution is 2.30. The lowest BCUT2D eigenvalue weighted by atomic mass is 10.0. The van der Waals surface area contributed by atoms with Crippen LogP contribution in [-0.4, -0.2) is 53.2 Å². The number of imide groups is 1. The number of fused-ring (bicyclic) bond motifs is 1. The number of hydrogen-bond donors (Lipinski definition) is 1. The number of nitro groups is 1. The number of nitro benzene ring substituents is 1. The number of benzene rings is 1. The summed E-state index contributed by atoms with van der Waals surface area (Å²) in [5.74, 6) is -3.03. The Kier molecular flexibility index (Phi) is 5.88. The largest absolute Gasteiger partial charge is 0.467 e. The summed E-state index contributed by atoms with van der Waals surface area (Å²) < 4.78 is 4.64. The molecule has 1 heterocycles. The molecule has 0 radical (unpaired) electrons. The van der Waals surface area contributed by atoms with Crippen LogP contribution in [0, 0.1) is 16.0 Å². The minimum atomic E-state index is -0.924. The first-order valence-corrected chi connectivity index (χ1v) is 8.18. The van der Waals surface area contributed by atoms with E-state index in [1.165, 1.54) is 19.2 Å². The SMILES string of the molecule is COC(=O)[C@H](CC(C)C)NC(=O)CN1C(=O)c2cccc([N+](=O)[O-])c2C1=O. The summed E-state index contributed by atoms with van der Waals surface area (Å²) >= 11 is 0. The van der Waals surface area contributed by atoms with E-state index in [2.05, 4.69) is 10.1 Å². The molecule has 0 saturated carbocycles. The van der Waals surface area contributed by atoms with Crippen LogP contribution >= 0.6 is 0 Å². The lowest BCUT2D eigenvalue weighted by molar-refractivity contribution is -0.385. The summed E-state index contributed by atoms with van der Waals surface area (Å²) in [6, 6.07) is 2.77. The van der Waals surface area contributed by atoms with Crippen LogP contribution in [0.1, 0.15) is 41.0 Å². The van der Waals surface area contributed by atoms with Crippen LogP contribution in [-0.2, 0) is 14.3 Å². The predicted molar refractivity (Wildman–Crippen MR) is 91.9 cm³/mol. The van der Waals surface area contributed by atoms with E-state index >= 15 is 0 Å². The second-order valence-corrected chi connectivity index (χ2v) is 6.43. The van der Waals surface area contributed by atoms with Crippen molar-refractivity contribution in [2.45, 2.75) is 26.3 Å². The van der Waals surface area contributed by atoms with Crippen molar-refractivity contribution in [1.82, 2.24) is 10.2 Å². The molecular weight excluding hydrogens is 358 g/mol. The lowest BCUT2D eigenvalue weighted by Gasteiger charge is -2.20. The molecule has 10 heteroatoms. The minimum Gasteiger partial charge on any atom is -0.467 e. The topological polar surface area (TPSA) is 136 Å². The van der Waals surface area contributed by atoms with Crippen molar-refractivity contribution in [1.29, 1.82) is 0 Å². The number of amides is 3. The quantitative estimate of drug-likeness (QED) is 0.322. The fourth-order valence-electron chi connectivity index (χ4n) is 2.82. The van der Waals surface area contributed by atoms with E-state index in [-0.39, 0.29) is 17.0 Å². The number of carbonyl (C=O) groups is 4. The Morgan fingerprint density at radius 1 is 1.26 bits per heavy atom. The maximum Gasteiger partial charge on any atom is 0.328 e. The summed E-state index contributed by atoms with van der Waals surface area (Å²) in [5.41, 5.74) is -0.971. The van der Waals surface area contributed by atoms with Crippen molar-refractivity contribution in [2.24, 2.45) is 5.92 Å². The summed E-state index contributed by atoms with van der Waals surface area (Å²) in [6.45, 7) is 3.05. The number of rotatable bonds is 7. The number of ether oxygens (including phenoxy) is 1. The smallest absolute Gasteiger partial charge is 0.328 e. The van der Waals surface area contributed by atoms with Gasteiger partial charge < -0.3 is 10.1 Å². The van der Waals surface area contributed by atoms with Gasteiger partial charge in [-0.2, -0.15) is 0 Å². The first-order valence-electron chi connectivity index (χ1n) is 8.18. The zero-order valence-electron chi connectivity index (χ0n) is 15.1. The zero-order valence-corrected chi connectivity index (χ0v) is 15.1. The van der Waals surface area contributed by atoms with Gasteiger partial charge in [0.25, 0.3) is 17.5 Å². The van der Waals surface area contributed by atoms with Crippen molar-refractivity contribution >= 4 is 29.4 Å². The second-order valence-electron chi connectivity index (χ2n) is 6.43. The highest BCUT2D eigenvalue weighted by atomic mass is 16.6. The summed E-state index contributed by atoms with van der Waals surface area (Å²) in [5, 5.41) is 13.5. The van der Waals surface area contributed by atoms with Crippen LogP contribution in [0.2, 0.25) is 0 Å². The third-order valence-electron chi connectivity index (χ3n) is 4.00. The highest BCUT2D eigenvalue weighted by Gasteiger charge is 2.42. The predicted octanol–water partition coefficient (Wildman–Crippen LogP) is 0.895. The third kappa shape index (κ3) is 4.10. The Balaban J connectivity index is 2.18. The lowest BCUT2D eigenvalue weighted by Crippen LogP contribution is -2.47. The van der Waals surface area contributed by atoms with E-state index in [9.17, 15) is 29.3 Å².